The van der Waals surface area contributed by atoms with Crippen molar-refractivity contribution < 1.29 is 22.7 Å². The Morgan fingerprint density at radius 2 is 1.88 bits per heavy atom. The summed E-state index contributed by atoms with van der Waals surface area (Å²) in [5.41, 5.74) is 1.12. The van der Waals surface area contributed by atoms with Crippen molar-refractivity contribution in [1.82, 2.24) is 4.98 Å². The number of benzene rings is 2. The molecule has 122 valence electrons. The monoisotopic (exact) mass is 331 g/mol. The summed E-state index contributed by atoms with van der Waals surface area (Å²) in [6.45, 7) is 2.08. The number of carbonyl (C=O) groups excluding carboxylic acids is 1. The third-order valence-corrected chi connectivity index (χ3v) is 3.70. The molecule has 3 rings (SSSR count). The Bertz CT molecular complexity index is 920. The predicted molar refractivity (Wildman–Crippen MR) is 83.6 cm³/mol. The molecule has 6 heteroatoms. The third kappa shape index (κ3) is 2.82. The lowest BCUT2D eigenvalue weighted by molar-refractivity contribution is -0.136. The number of halogens is 3. The van der Waals surface area contributed by atoms with E-state index in [-0.39, 0.29) is 5.52 Å². The highest BCUT2D eigenvalue weighted by atomic mass is 19.4. The van der Waals surface area contributed by atoms with Gasteiger partial charge in [-0.2, -0.15) is 13.2 Å². The van der Waals surface area contributed by atoms with Crippen LogP contribution in [-0.4, -0.2) is 11.5 Å². The van der Waals surface area contributed by atoms with Crippen LogP contribution in [0.4, 0.5) is 13.2 Å². The molecule has 0 bridgehead atoms. The molecule has 0 radical (unpaired) electrons. The lowest BCUT2D eigenvalue weighted by Crippen LogP contribution is -2.07. The third-order valence-electron chi connectivity index (χ3n) is 3.70. The molecule has 0 saturated carbocycles. The molecule has 1 aromatic heterocycles. The first-order valence-electron chi connectivity index (χ1n) is 7.08. The first-order chi connectivity index (χ1) is 11.4. The van der Waals surface area contributed by atoms with Gasteiger partial charge < -0.3 is 4.74 Å². The van der Waals surface area contributed by atoms with Crippen LogP contribution in [0.1, 0.15) is 11.1 Å². The topological polar surface area (TPSA) is 39.2 Å². The van der Waals surface area contributed by atoms with E-state index < -0.39 is 11.7 Å². The second-order valence-corrected chi connectivity index (χ2v) is 5.26. The molecule has 3 nitrogen and oxygen atoms in total. The van der Waals surface area contributed by atoms with Gasteiger partial charge >= 0.3 is 6.18 Å². The number of nitrogens with zero attached hydrogens (tertiary/aromatic N) is 1. The standard InChI is InChI=1S/C18H12F3NO2/c1-11-9-22-17-14(6-3-7-15(17)18(19,20)21)16(11)12-4-2-5-13(8-12)24-10-23/h2-10H,1H3. The van der Waals surface area contributed by atoms with E-state index in [9.17, 15) is 18.0 Å². The molecule has 0 aliphatic rings. The molecule has 24 heavy (non-hydrogen) atoms. The quantitative estimate of drug-likeness (QED) is 0.649. The first kappa shape index (κ1) is 16.0. The van der Waals surface area contributed by atoms with Crippen LogP contribution in [0.5, 0.6) is 5.75 Å². The van der Waals surface area contributed by atoms with E-state index in [1.54, 1.807) is 37.3 Å². The Kier molecular flexibility index (Phi) is 3.97. The Balaban J connectivity index is 2.30. The summed E-state index contributed by atoms with van der Waals surface area (Å²) in [5.74, 6) is 0.318. The van der Waals surface area contributed by atoms with Gasteiger partial charge in [0, 0.05) is 11.6 Å². The number of para-hydroxylation sites is 1. The zero-order valence-corrected chi connectivity index (χ0v) is 12.6. The number of fused-ring (bicyclic) bond motifs is 1. The number of alkyl halides is 3. The van der Waals surface area contributed by atoms with Gasteiger partial charge in [-0.15, -0.1) is 0 Å². The Hall–Kier alpha value is -2.89. The molecular weight excluding hydrogens is 319 g/mol. The van der Waals surface area contributed by atoms with Gasteiger partial charge in [-0.05, 0) is 41.8 Å². The van der Waals surface area contributed by atoms with Gasteiger partial charge in [0.15, 0.2) is 0 Å². The second kappa shape index (κ2) is 5.96. The van der Waals surface area contributed by atoms with Crippen molar-refractivity contribution in [3.8, 4) is 16.9 Å². The van der Waals surface area contributed by atoms with Crippen molar-refractivity contribution in [2.75, 3.05) is 0 Å². The van der Waals surface area contributed by atoms with E-state index >= 15 is 0 Å². The molecule has 0 spiro atoms. The van der Waals surface area contributed by atoms with E-state index in [1.807, 2.05) is 0 Å². The number of aromatic nitrogens is 1. The van der Waals surface area contributed by atoms with E-state index in [2.05, 4.69) is 4.98 Å². The molecule has 0 N–H and O–H groups in total. The molecule has 0 saturated heterocycles. The summed E-state index contributed by atoms with van der Waals surface area (Å²) in [4.78, 5) is 14.5. The number of carbonyl (C=O) groups is 1. The maximum absolute atomic E-state index is 13.2. The van der Waals surface area contributed by atoms with Gasteiger partial charge in [0.2, 0.25) is 0 Å². The number of hydrogen-bond acceptors (Lipinski definition) is 3. The van der Waals surface area contributed by atoms with Crippen LogP contribution in [-0.2, 0) is 11.0 Å². The van der Waals surface area contributed by atoms with Gasteiger partial charge in [0.1, 0.15) is 5.75 Å². The molecule has 0 aliphatic heterocycles. The van der Waals surface area contributed by atoms with E-state index in [4.69, 9.17) is 4.74 Å². The highest BCUT2D eigenvalue weighted by Gasteiger charge is 2.33. The van der Waals surface area contributed by atoms with Crippen molar-refractivity contribution >= 4 is 17.4 Å². The van der Waals surface area contributed by atoms with Crippen molar-refractivity contribution in [2.24, 2.45) is 0 Å². The summed E-state index contributed by atoms with van der Waals surface area (Å²) in [6.07, 6.45) is -3.07. The van der Waals surface area contributed by atoms with Crippen LogP contribution in [0.25, 0.3) is 22.0 Å². The molecule has 1 heterocycles. The average molecular weight is 331 g/mol. The van der Waals surface area contributed by atoms with Crippen LogP contribution in [0.15, 0.2) is 48.7 Å². The minimum Gasteiger partial charge on any atom is -0.429 e. The molecule has 2 aromatic carbocycles. The fourth-order valence-electron chi connectivity index (χ4n) is 2.72. The average Bonchev–Trinajstić information content (AvgIpc) is 2.53. The highest BCUT2D eigenvalue weighted by molar-refractivity contribution is 5.97. The van der Waals surface area contributed by atoms with Gasteiger partial charge in [-0.3, -0.25) is 9.78 Å². The molecule has 0 unspecified atom stereocenters. The number of pyridine rings is 1. The number of rotatable bonds is 3. The molecular formula is C18H12F3NO2. The number of hydrogen-bond donors (Lipinski definition) is 0. The summed E-state index contributed by atoms with van der Waals surface area (Å²) in [5, 5.41) is 0.396. The van der Waals surface area contributed by atoms with E-state index in [0.29, 0.717) is 28.7 Å². The molecule has 0 aliphatic carbocycles. The van der Waals surface area contributed by atoms with E-state index in [0.717, 1.165) is 11.6 Å². The van der Waals surface area contributed by atoms with Crippen molar-refractivity contribution in [2.45, 2.75) is 13.1 Å². The van der Waals surface area contributed by atoms with Crippen LogP contribution >= 0.6 is 0 Å². The van der Waals surface area contributed by atoms with E-state index in [1.165, 1.54) is 12.3 Å². The van der Waals surface area contributed by atoms with Gasteiger partial charge in [-0.25, -0.2) is 0 Å². The van der Waals surface area contributed by atoms with Gasteiger partial charge in [0.05, 0.1) is 11.1 Å². The second-order valence-electron chi connectivity index (χ2n) is 5.26. The first-order valence-corrected chi connectivity index (χ1v) is 7.08. The van der Waals surface area contributed by atoms with Gasteiger partial charge in [0.25, 0.3) is 6.47 Å². The molecule has 0 amide bonds. The summed E-state index contributed by atoms with van der Waals surface area (Å²) in [7, 11) is 0. The van der Waals surface area contributed by atoms with Crippen LogP contribution in [0.2, 0.25) is 0 Å². The summed E-state index contributed by atoms with van der Waals surface area (Å²) in [6, 6.07) is 10.6. The Labute approximate surface area is 135 Å². The smallest absolute Gasteiger partial charge is 0.418 e. The lowest BCUT2D eigenvalue weighted by Gasteiger charge is -2.14. The molecule has 3 aromatic rings. The van der Waals surface area contributed by atoms with Crippen LogP contribution < -0.4 is 4.74 Å². The lowest BCUT2D eigenvalue weighted by atomic mass is 9.95. The molecule has 0 fully saturated rings. The normalized spacial score (nSPS) is 11.5. The fraction of sp³-hybridized carbons (Fsp3) is 0.111. The zero-order chi connectivity index (χ0) is 17.3. The van der Waals surface area contributed by atoms with Crippen molar-refractivity contribution in [3.05, 3.63) is 59.8 Å². The minimum atomic E-state index is -4.48. The minimum absolute atomic E-state index is 0.104. The van der Waals surface area contributed by atoms with Gasteiger partial charge in [-0.1, -0.05) is 24.3 Å². The number of ether oxygens (including phenoxy) is 1. The summed E-state index contributed by atoms with van der Waals surface area (Å²) >= 11 is 0. The largest absolute Gasteiger partial charge is 0.429 e. The Morgan fingerprint density at radius 1 is 1.12 bits per heavy atom. The fourth-order valence-corrected chi connectivity index (χ4v) is 2.72. The Morgan fingerprint density at radius 3 is 2.58 bits per heavy atom. The molecule has 0 atom stereocenters. The zero-order valence-electron chi connectivity index (χ0n) is 12.6. The maximum Gasteiger partial charge on any atom is 0.418 e. The van der Waals surface area contributed by atoms with Crippen LogP contribution in [0.3, 0.4) is 0 Å². The van der Waals surface area contributed by atoms with Crippen molar-refractivity contribution in [1.29, 1.82) is 0 Å². The highest BCUT2D eigenvalue weighted by Crippen LogP contribution is 2.38. The maximum atomic E-state index is 13.2. The van der Waals surface area contributed by atoms with Crippen LogP contribution in [0, 0.1) is 6.92 Å². The summed E-state index contributed by atoms with van der Waals surface area (Å²) < 4.78 is 44.5. The SMILES string of the molecule is Cc1cnc2c(C(F)(F)F)cccc2c1-c1cccc(OC=O)c1. The van der Waals surface area contributed by atoms with Crippen molar-refractivity contribution in [3.63, 3.8) is 0 Å². The predicted octanol–water partition coefficient (Wildman–Crippen LogP) is 4.76. The number of aryl methyl sites for hydroxylation is 1.